The van der Waals surface area contributed by atoms with Gasteiger partial charge in [0.15, 0.2) is 0 Å². The average molecular weight is 325 g/mol. The standard InChI is InChI=1S/C14H15NO4S2/c1-10-5-6-13(20-10)21(18,19)15-8-7-11-3-2-4-12(9-11)14(16)17/h2-6,9,15H,7-8H2,1H3,(H,16,17). The largest absolute Gasteiger partial charge is 0.478 e. The zero-order chi connectivity index (χ0) is 15.5. The molecule has 1 aromatic heterocycles. The summed E-state index contributed by atoms with van der Waals surface area (Å²) in [5.74, 6) is -0.994. The van der Waals surface area contributed by atoms with Crippen molar-refractivity contribution in [3.05, 3.63) is 52.4 Å². The van der Waals surface area contributed by atoms with E-state index in [4.69, 9.17) is 5.11 Å². The van der Waals surface area contributed by atoms with Crippen molar-refractivity contribution in [3.8, 4) is 0 Å². The first-order chi connectivity index (χ1) is 9.88. The van der Waals surface area contributed by atoms with E-state index in [0.29, 0.717) is 10.6 Å². The van der Waals surface area contributed by atoms with E-state index in [2.05, 4.69) is 4.72 Å². The van der Waals surface area contributed by atoms with E-state index in [9.17, 15) is 13.2 Å². The number of hydrogen-bond acceptors (Lipinski definition) is 4. The van der Waals surface area contributed by atoms with Crippen molar-refractivity contribution < 1.29 is 18.3 Å². The topological polar surface area (TPSA) is 83.5 Å². The van der Waals surface area contributed by atoms with Gasteiger partial charge >= 0.3 is 5.97 Å². The third-order valence-electron chi connectivity index (χ3n) is 2.86. The Labute approximate surface area is 127 Å². The van der Waals surface area contributed by atoms with Crippen molar-refractivity contribution in [3.63, 3.8) is 0 Å². The molecule has 0 radical (unpaired) electrons. The van der Waals surface area contributed by atoms with E-state index in [0.717, 1.165) is 10.4 Å². The molecular formula is C14H15NO4S2. The molecule has 0 aliphatic heterocycles. The van der Waals surface area contributed by atoms with E-state index in [-0.39, 0.29) is 12.1 Å². The maximum Gasteiger partial charge on any atom is 0.335 e. The summed E-state index contributed by atoms with van der Waals surface area (Å²) in [6.45, 7) is 2.07. The van der Waals surface area contributed by atoms with E-state index in [1.807, 2.05) is 6.92 Å². The number of carboxylic acids is 1. The number of thiophene rings is 1. The fourth-order valence-corrected chi connectivity index (χ4v) is 4.18. The van der Waals surface area contributed by atoms with Crippen LogP contribution < -0.4 is 4.72 Å². The molecule has 0 aliphatic rings. The van der Waals surface area contributed by atoms with Gasteiger partial charge in [0, 0.05) is 11.4 Å². The first-order valence-corrected chi connectivity index (χ1v) is 8.57. The Balaban J connectivity index is 1.98. The van der Waals surface area contributed by atoms with Gasteiger partial charge in [-0.1, -0.05) is 12.1 Å². The zero-order valence-electron chi connectivity index (χ0n) is 11.4. The monoisotopic (exact) mass is 325 g/mol. The molecule has 0 saturated carbocycles. The number of aryl methyl sites for hydroxylation is 1. The zero-order valence-corrected chi connectivity index (χ0v) is 13.0. The van der Waals surface area contributed by atoms with Crippen molar-refractivity contribution in [1.29, 1.82) is 0 Å². The van der Waals surface area contributed by atoms with Crippen LogP contribution in [-0.4, -0.2) is 26.0 Å². The maximum atomic E-state index is 12.0. The number of sulfonamides is 1. The Morgan fingerprint density at radius 2 is 2.05 bits per heavy atom. The van der Waals surface area contributed by atoms with Crippen LogP contribution in [0.5, 0.6) is 0 Å². The van der Waals surface area contributed by atoms with Gasteiger partial charge in [0.25, 0.3) is 0 Å². The molecule has 1 aromatic carbocycles. The molecule has 5 nitrogen and oxygen atoms in total. The maximum absolute atomic E-state index is 12.0. The SMILES string of the molecule is Cc1ccc(S(=O)(=O)NCCc2cccc(C(=O)O)c2)s1. The highest BCUT2D eigenvalue weighted by atomic mass is 32.2. The third-order valence-corrected chi connectivity index (χ3v) is 5.81. The second-order valence-electron chi connectivity index (χ2n) is 4.52. The minimum Gasteiger partial charge on any atom is -0.478 e. The molecule has 112 valence electrons. The quantitative estimate of drug-likeness (QED) is 0.853. The van der Waals surface area contributed by atoms with Gasteiger partial charge in [-0.15, -0.1) is 11.3 Å². The van der Waals surface area contributed by atoms with Crippen LogP contribution in [0.4, 0.5) is 0 Å². The highest BCUT2D eigenvalue weighted by Crippen LogP contribution is 2.20. The summed E-state index contributed by atoms with van der Waals surface area (Å²) < 4.78 is 26.8. The Hall–Kier alpha value is -1.70. The molecule has 0 amide bonds. The van der Waals surface area contributed by atoms with Gasteiger partial charge in [-0.3, -0.25) is 0 Å². The average Bonchev–Trinajstić information content (AvgIpc) is 2.86. The van der Waals surface area contributed by atoms with Gasteiger partial charge in [-0.2, -0.15) is 0 Å². The van der Waals surface area contributed by atoms with Crippen molar-refractivity contribution in [2.45, 2.75) is 17.6 Å². The van der Waals surface area contributed by atoms with Gasteiger partial charge in [0.2, 0.25) is 10.0 Å². The lowest BCUT2D eigenvalue weighted by Gasteiger charge is -2.05. The smallest absolute Gasteiger partial charge is 0.335 e. The highest BCUT2D eigenvalue weighted by Gasteiger charge is 2.15. The molecule has 0 aliphatic carbocycles. The van der Waals surface area contributed by atoms with Crippen LogP contribution in [0.1, 0.15) is 20.8 Å². The summed E-state index contributed by atoms with van der Waals surface area (Å²) in [6.07, 6.45) is 0.435. The number of carboxylic acid groups (broad SMARTS) is 1. The summed E-state index contributed by atoms with van der Waals surface area (Å²) >= 11 is 1.22. The van der Waals surface area contributed by atoms with Gasteiger partial charge in [-0.25, -0.2) is 17.9 Å². The minimum atomic E-state index is -3.48. The number of nitrogens with one attached hydrogen (secondary N) is 1. The summed E-state index contributed by atoms with van der Waals surface area (Å²) in [7, 11) is -3.48. The Morgan fingerprint density at radius 1 is 1.29 bits per heavy atom. The lowest BCUT2D eigenvalue weighted by atomic mass is 10.1. The van der Waals surface area contributed by atoms with Crippen molar-refractivity contribution in [1.82, 2.24) is 4.72 Å². The summed E-state index contributed by atoms with van der Waals surface area (Å²) in [5, 5.41) is 8.90. The first kappa shape index (κ1) is 15.7. The number of aromatic carboxylic acids is 1. The van der Waals surface area contributed by atoms with E-state index >= 15 is 0 Å². The lowest BCUT2D eigenvalue weighted by Crippen LogP contribution is -2.25. The van der Waals surface area contributed by atoms with Crippen LogP contribution in [0, 0.1) is 6.92 Å². The van der Waals surface area contributed by atoms with Crippen molar-refractivity contribution in [2.75, 3.05) is 6.54 Å². The summed E-state index contributed by atoms with van der Waals surface area (Å²) in [4.78, 5) is 11.8. The lowest BCUT2D eigenvalue weighted by molar-refractivity contribution is 0.0696. The summed E-state index contributed by atoms with van der Waals surface area (Å²) in [6, 6.07) is 9.81. The molecule has 2 N–H and O–H groups in total. The van der Waals surface area contributed by atoms with Gasteiger partial charge in [0.05, 0.1) is 5.56 Å². The van der Waals surface area contributed by atoms with Gasteiger partial charge < -0.3 is 5.11 Å². The third kappa shape index (κ3) is 4.13. The molecule has 0 atom stereocenters. The fourth-order valence-electron chi connectivity index (χ4n) is 1.82. The summed E-state index contributed by atoms with van der Waals surface area (Å²) in [5.41, 5.74) is 0.976. The Kier molecular flexibility index (Phi) is 4.76. The van der Waals surface area contributed by atoms with Crippen LogP contribution in [0.3, 0.4) is 0 Å². The van der Waals surface area contributed by atoms with E-state index in [1.54, 1.807) is 30.3 Å². The molecule has 21 heavy (non-hydrogen) atoms. The Bertz CT molecular complexity index is 750. The van der Waals surface area contributed by atoms with Crippen LogP contribution in [0.2, 0.25) is 0 Å². The van der Waals surface area contributed by atoms with Gasteiger partial charge in [0.1, 0.15) is 4.21 Å². The molecule has 0 fully saturated rings. The van der Waals surface area contributed by atoms with Crippen molar-refractivity contribution in [2.24, 2.45) is 0 Å². The molecule has 0 unspecified atom stereocenters. The van der Waals surface area contributed by atoms with Crippen LogP contribution >= 0.6 is 11.3 Å². The predicted octanol–water partition coefficient (Wildman–Crippen LogP) is 2.28. The number of rotatable bonds is 6. The van der Waals surface area contributed by atoms with E-state index in [1.165, 1.54) is 17.4 Å². The van der Waals surface area contributed by atoms with E-state index < -0.39 is 16.0 Å². The van der Waals surface area contributed by atoms with Gasteiger partial charge in [-0.05, 0) is 43.2 Å². The minimum absolute atomic E-state index is 0.198. The molecule has 0 spiro atoms. The highest BCUT2D eigenvalue weighted by molar-refractivity contribution is 7.91. The number of benzene rings is 1. The number of carbonyl (C=O) groups is 1. The first-order valence-electron chi connectivity index (χ1n) is 6.27. The normalized spacial score (nSPS) is 11.5. The van der Waals surface area contributed by atoms with Crippen LogP contribution in [-0.2, 0) is 16.4 Å². The molecule has 7 heteroatoms. The molecule has 0 saturated heterocycles. The molecule has 1 heterocycles. The fraction of sp³-hybridized carbons (Fsp3) is 0.214. The molecule has 0 bridgehead atoms. The Morgan fingerprint density at radius 3 is 2.67 bits per heavy atom. The van der Waals surface area contributed by atoms with Crippen LogP contribution in [0.15, 0.2) is 40.6 Å². The second kappa shape index (κ2) is 6.38. The van der Waals surface area contributed by atoms with Crippen molar-refractivity contribution >= 4 is 27.3 Å². The molecule has 2 aromatic rings. The van der Waals surface area contributed by atoms with Crippen LogP contribution in [0.25, 0.3) is 0 Å². The predicted molar refractivity (Wildman–Crippen MR) is 81.3 cm³/mol. The molecule has 2 rings (SSSR count). The molecular weight excluding hydrogens is 310 g/mol. The number of hydrogen-bond donors (Lipinski definition) is 2. The second-order valence-corrected chi connectivity index (χ2v) is 7.80.